The van der Waals surface area contributed by atoms with E-state index in [-0.39, 0.29) is 17.2 Å². The summed E-state index contributed by atoms with van der Waals surface area (Å²) < 4.78 is 41.6. The molecule has 0 radical (unpaired) electrons. The minimum absolute atomic E-state index is 0.0249. The summed E-state index contributed by atoms with van der Waals surface area (Å²) >= 11 is 0. The van der Waals surface area contributed by atoms with Crippen LogP contribution in [0.25, 0.3) is 5.69 Å². The zero-order valence-electron chi connectivity index (χ0n) is 20.2. The van der Waals surface area contributed by atoms with Gasteiger partial charge in [-0.05, 0) is 75.7 Å². The van der Waals surface area contributed by atoms with Gasteiger partial charge in [0.15, 0.2) is 0 Å². The summed E-state index contributed by atoms with van der Waals surface area (Å²) in [5.41, 5.74) is 1.55. The Kier molecular flexibility index (Phi) is 5.78. The number of carbonyl (C=O) groups excluding carboxylic acids is 1. The van der Waals surface area contributed by atoms with Gasteiger partial charge in [0.1, 0.15) is 0 Å². The van der Waals surface area contributed by atoms with Crippen molar-refractivity contribution >= 4 is 5.91 Å². The van der Waals surface area contributed by atoms with Crippen molar-refractivity contribution in [1.29, 1.82) is 0 Å². The molecule has 1 saturated carbocycles. The van der Waals surface area contributed by atoms with Gasteiger partial charge < -0.3 is 4.90 Å². The van der Waals surface area contributed by atoms with E-state index >= 15 is 0 Å². The van der Waals surface area contributed by atoms with E-state index in [4.69, 9.17) is 0 Å². The number of likely N-dealkylation sites (tertiary alicyclic amines) is 2. The predicted octanol–water partition coefficient (Wildman–Crippen LogP) is 5.41. The zero-order valence-corrected chi connectivity index (χ0v) is 20.2. The largest absolute Gasteiger partial charge is 0.416 e. The second kappa shape index (κ2) is 8.40. The van der Waals surface area contributed by atoms with Gasteiger partial charge in [0.2, 0.25) is 0 Å². The Balaban J connectivity index is 1.46. The Labute approximate surface area is 198 Å². The summed E-state index contributed by atoms with van der Waals surface area (Å²) in [5.74, 6) is 0.121. The van der Waals surface area contributed by atoms with Crippen molar-refractivity contribution in [1.82, 2.24) is 19.6 Å². The van der Waals surface area contributed by atoms with E-state index in [1.54, 1.807) is 17.7 Å². The van der Waals surface area contributed by atoms with Gasteiger partial charge in [-0.1, -0.05) is 19.9 Å². The number of rotatable bonds is 4. The Hall–Kier alpha value is -2.35. The Morgan fingerprint density at radius 2 is 1.79 bits per heavy atom. The quantitative estimate of drug-likeness (QED) is 0.595. The zero-order chi connectivity index (χ0) is 24.3. The third-order valence-corrected chi connectivity index (χ3v) is 7.73. The van der Waals surface area contributed by atoms with Gasteiger partial charge in [-0.25, -0.2) is 4.68 Å². The van der Waals surface area contributed by atoms with Crippen LogP contribution in [0.4, 0.5) is 13.2 Å². The van der Waals surface area contributed by atoms with Crippen molar-refractivity contribution in [3.05, 3.63) is 46.8 Å². The van der Waals surface area contributed by atoms with E-state index in [9.17, 15) is 18.0 Å². The maximum absolute atomic E-state index is 13.8. The van der Waals surface area contributed by atoms with E-state index < -0.39 is 11.7 Å². The Morgan fingerprint density at radius 3 is 2.41 bits per heavy atom. The molecule has 1 aliphatic carbocycles. The Bertz CT molecular complexity index is 1080. The number of hydrogen-bond donors (Lipinski definition) is 0. The average molecular weight is 475 g/mol. The third-order valence-electron chi connectivity index (χ3n) is 7.73. The second-order valence-corrected chi connectivity index (χ2v) is 10.8. The highest BCUT2D eigenvalue weighted by Crippen LogP contribution is 2.44. The number of aromatic nitrogens is 2. The summed E-state index contributed by atoms with van der Waals surface area (Å²) in [7, 11) is 0. The van der Waals surface area contributed by atoms with Gasteiger partial charge in [-0.2, -0.15) is 18.3 Å². The topological polar surface area (TPSA) is 41.4 Å². The van der Waals surface area contributed by atoms with Crippen LogP contribution >= 0.6 is 0 Å². The van der Waals surface area contributed by atoms with E-state index in [0.29, 0.717) is 36.1 Å². The molecule has 1 unspecified atom stereocenters. The molecule has 1 aromatic heterocycles. The molecule has 8 heteroatoms. The summed E-state index contributed by atoms with van der Waals surface area (Å²) in [5, 5.41) is 4.59. The smallest absolute Gasteiger partial charge is 0.338 e. The number of piperidine rings is 1. The second-order valence-electron chi connectivity index (χ2n) is 10.8. The molecule has 3 aliphatic rings. The van der Waals surface area contributed by atoms with Crippen LogP contribution in [0.15, 0.2) is 24.3 Å². The van der Waals surface area contributed by atoms with E-state index in [1.165, 1.54) is 18.9 Å². The fraction of sp³-hybridized carbons (Fsp3) is 0.615. The number of carbonyl (C=O) groups is 1. The molecule has 1 amide bonds. The number of halogens is 3. The van der Waals surface area contributed by atoms with E-state index in [1.807, 2.05) is 4.90 Å². The molecule has 1 aromatic carbocycles. The highest BCUT2D eigenvalue weighted by Gasteiger charge is 2.43. The van der Waals surface area contributed by atoms with Crippen molar-refractivity contribution in [2.24, 2.45) is 5.41 Å². The van der Waals surface area contributed by atoms with Gasteiger partial charge in [-0.3, -0.25) is 9.69 Å². The van der Waals surface area contributed by atoms with Gasteiger partial charge in [0, 0.05) is 25.0 Å². The molecular weight excluding hydrogens is 441 g/mol. The SMILES string of the molecule is Cc1nn(-c2cccc(C(F)(F)F)c2)c(C2CC2)c1C(=O)N1CCC(N2CCCC2)C(C)(C)C1. The Morgan fingerprint density at radius 1 is 1.09 bits per heavy atom. The first-order valence-electron chi connectivity index (χ1n) is 12.4. The predicted molar refractivity (Wildman–Crippen MR) is 124 cm³/mol. The van der Waals surface area contributed by atoms with Crippen LogP contribution in [-0.4, -0.2) is 57.7 Å². The molecule has 0 N–H and O–H groups in total. The molecule has 184 valence electrons. The molecule has 3 fully saturated rings. The van der Waals surface area contributed by atoms with E-state index in [0.717, 1.165) is 50.2 Å². The molecule has 0 spiro atoms. The maximum Gasteiger partial charge on any atom is 0.416 e. The highest BCUT2D eigenvalue weighted by molar-refractivity contribution is 5.97. The molecule has 3 heterocycles. The number of alkyl halides is 3. The molecule has 2 aliphatic heterocycles. The van der Waals surface area contributed by atoms with Crippen molar-refractivity contribution in [2.45, 2.75) is 71.0 Å². The lowest BCUT2D eigenvalue weighted by Crippen LogP contribution is -2.56. The monoisotopic (exact) mass is 474 g/mol. The number of hydrogen-bond acceptors (Lipinski definition) is 3. The summed E-state index contributed by atoms with van der Waals surface area (Å²) in [4.78, 5) is 18.4. The van der Waals surface area contributed by atoms with E-state index in [2.05, 4.69) is 23.8 Å². The molecule has 5 rings (SSSR count). The molecule has 34 heavy (non-hydrogen) atoms. The van der Waals surface area contributed by atoms with Gasteiger partial charge in [0.25, 0.3) is 5.91 Å². The molecular formula is C26H33F3N4O. The molecule has 1 atom stereocenters. The first-order chi connectivity index (χ1) is 16.1. The molecule has 2 aromatic rings. The molecule has 0 bridgehead atoms. The molecule has 2 saturated heterocycles. The lowest BCUT2D eigenvalue weighted by atomic mass is 9.78. The van der Waals surface area contributed by atoms with Crippen molar-refractivity contribution in [3.8, 4) is 5.69 Å². The number of amides is 1. The average Bonchev–Trinajstić information content (AvgIpc) is 3.35. The summed E-state index contributed by atoms with van der Waals surface area (Å²) in [6, 6.07) is 5.69. The van der Waals surface area contributed by atoms with Crippen LogP contribution in [-0.2, 0) is 6.18 Å². The number of benzene rings is 1. The minimum atomic E-state index is -4.43. The highest BCUT2D eigenvalue weighted by atomic mass is 19.4. The standard InChI is InChI=1S/C26H33F3N4O/c1-17-22(24(34)32-14-11-21(25(2,3)16-32)31-12-4-5-13-31)23(18-9-10-18)33(30-17)20-8-6-7-19(15-20)26(27,28)29/h6-8,15,18,21H,4-5,9-14,16H2,1-3H3. The number of nitrogens with zero attached hydrogens (tertiary/aromatic N) is 4. The third kappa shape index (κ3) is 4.25. The fourth-order valence-corrected chi connectivity index (χ4v) is 5.96. The van der Waals surface area contributed by atoms with Crippen molar-refractivity contribution in [3.63, 3.8) is 0 Å². The number of aryl methyl sites for hydroxylation is 1. The minimum Gasteiger partial charge on any atom is -0.338 e. The van der Waals surface area contributed by atoms with Gasteiger partial charge in [-0.15, -0.1) is 0 Å². The van der Waals surface area contributed by atoms with Crippen LogP contribution in [0.2, 0.25) is 0 Å². The normalized spacial score (nSPS) is 23.5. The van der Waals surface area contributed by atoms with Crippen LogP contribution in [0.5, 0.6) is 0 Å². The summed E-state index contributed by atoms with van der Waals surface area (Å²) in [6.07, 6.45) is 0.849. The maximum atomic E-state index is 13.8. The van der Waals surface area contributed by atoms with Crippen LogP contribution < -0.4 is 0 Å². The van der Waals surface area contributed by atoms with Crippen molar-refractivity contribution in [2.75, 3.05) is 26.2 Å². The van der Waals surface area contributed by atoms with Crippen LogP contribution in [0.3, 0.4) is 0 Å². The van der Waals surface area contributed by atoms with Crippen LogP contribution in [0, 0.1) is 12.3 Å². The van der Waals surface area contributed by atoms with Gasteiger partial charge in [0.05, 0.1) is 28.2 Å². The molecule has 5 nitrogen and oxygen atoms in total. The first-order valence-corrected chi connectivity index (χ1v) is 12.4. The van der Waals surface area contributed by atoms with Gasteiger partial charge >= 0.3 is 6.18 Å². The first kappa shape index (κ1) is 23.4. The van der Waals surface area contributed by atoms with Crippen molar-refractivity contribution < 1.29 is 18.0 Å². The lowest BCUT2D eigenvalue weighted by Gasteiger charge is -2.48. The summed E-state index contributed by atoms with van der Waals surface area (Å²) in [6.45, 7) is 9.93. The lowest BCUT2D eigenvalue weighted by molar-refractivity contribution is -0.137. The van der Waals surface area contributed by atoms with Crippen LogP contribution in [0.1, 0.15) is 79.2 Å². The fourth-order valence-electron chi connectivity index (χ4n) is 5.96.